The highest BCUT2D eigenvalue weighted by Crippen LogP contribution is 2.40. The number of aliphatic hydroxyl groups excluding tert-OH is 1. The molecule has 0 spiro atoms. The summed E-state index contributed by atoms with van der Waals surface area (Å²) in [6.07, 6.45) is 7.31. The number of amides is 1. The van der Waals surface area contributed by atoms with Gasteiger partial charge in [-0.05, 0) is 61.0 Å². The molecule has 1 saturated carbocycles. The van der Waals surface area contributed by atoms with Crippen LogP contribution in [-0.4, -0.2) is 148 Å². The predicted molar refractivity (Wildman–Crippen MR) is 235 cm³/mol. The van der Waals surface area contributed by atoms with Gasteiger partial charge in [-0.1, -0.05) is 26.0 Å². The number of rotatable bonds is 15. The summed E-state index contributed by atoms with van der Waals surface area (Å²) >= 11 is 0. The first-order chi connectivity index (χ1) is 31.0. The van der Waals surface area contributed by atoms with Gasteiger partial charge in [0.2, 0.25) is 11.8 Å². The molecule has 3 aromatic heterocycles. The van der Waals surface area contributed by atoms with Gasteiger partial charge in [-0.2, -0.15) is 0 Å². The molecule has 18 nitrogen and oxygen atoms in total. The van der Waals surface area contributed by atoms with Gasteiger partial charge in [0.1, 0.15) is 30.4 Å². The molecule has 2 unspecified atom stereocenters. The van der Waals surface area contributed by atoms with Gasteiger partial charge in [-0.3, -0.25) is 9.69 Å². The Balaban J connectivity index is 0.696. The number of aromatic hydroxyl groups is 1. The Labute approximate surface area is 372 Å². The largest absolute Gasteiger partial charge is 0.507 e. The number of phenolic OH excluding ortho intramolecular Hbond substituents is 1. The van der Waals surface area contributed by atoms with E-state index < -0.39 is 24.0 Å². The van der Waals surface area contributed by atoms with Crippen LogP contribution in [0.25, 0.3) is 11.3 Å². The lowest BCUT2D eigenvalue weighted by Gasteiger charge is -2.43. The number of carbonyl (C=O) groups is 2. The summed E-state index contributed by atoms with van der Waals surface area (Å²) in [5.74, 6) is 0.139. The summed E-state index contributed by atoms with van der Waals surface area (Å²) in [4.78, 5) is 39.1. The maximum Gasteiger partial charge on any atom is 0.328 e. The van der Waals surface area contributed by atoms with Gasteiger partial charge < -0.3 is 54.1 Å². The van der Waals surface area contributed by atoms with Gasteiger partial charge in [0.05, 0.1) is 36.8 Å². The highest BCUT2D eigenvalue weighted by molar-refractivity contribution is 5.89. The molecule has 4 saturated heterocycles. The second kappa shape index (κ2) is 18.8. The van der Waals surface area contributed by atoms with Crippen LogP contribution in [0.2, 0.25) is 0 Å². The maximum atomic E-state index is 13.6. The molecule has 2 bridgehead atoms. The molecular weight excluding hydrogens is 823 g/mol. The molecule has 342 valence electrons. The van der Waals surface area contributed by atoms with Gasteiger partial charge in [-0.15, -0.1) is 10.2 Å². The molecule has 18 heteroatoms. The van der Waals surface area contributed by atoms with Crippen molar-refractivity contribution < 1.29 is 43.3 Å². The number of hydrogen-bond donors (Lipinski definition) is 3. The topological polar surface area (TPSA) is 215 Å². The number of benzene rings is 1. The number of aliphatic hydroxyl groups is 1. The molecule has 1 aromatic carbocycles. The van der Waals surface area contributed by atoms with E-state index in [0.29, 0.717) is 53.3 Å². The number of carbonyl (C=O) groups excluding carboxylic acids is 2. The Morgan fingerprint density at radius 2 is 1.69 bits per heavy atom. The molecule has 5 atom stereocenters. The van der Waals surface area contributed by atoms with Crippen molar-refractivity contribution >= 4 is 29.1 Å². The van der Waals surface area contributed by atoms with Crippen molar-refractivity contribution in [3.05, 3.63) is 60.5 Å². The number of phenols is 1. The number of hydrogen-bond acceptors (Lipinski definition) is 17. The number of pyridine rings is 1. The number of anilines is 3. The highest BCUT2D eigenvalue weighted by Gasteiger charge is 2.44. The fourth-order valence-corrected chi connectivity index (χ4v) is 10.1. The van der Waals surface area contributed by atoms with Crippen molar-refractivity contribution in [3.63, 3.8) is 0 Å². The Morgan fingerprint density at radius 1 is 0.922 bits per heavy atom. The smallest absolute Gasteiger partial charge is 0.328 e. The first-order valence-corrected chi connectivity index (χ1v) is 22.6. The van der Waals surface area contributed by atoms with Crippen molar-refractivity contribution in [3.8, 4) is 28.8 Å². The number of esters is 1. The summed E-state index contributed by atoms with van der Waals surface area (Å²) < 4.78 is 29.3. The van der Waals surface area contributed by atoms with E-state index in [9.17, 15) is 19.8 Å². The molecule has 7 heterocycles. The quantitative estimate of drug-likeness (QED) is 0.144. The third kappa shape index (κ3) is 9.26. The molecule has 0 radical (unpaired) electrons. The lowest BCUT2D eigenvalue weighted by molar-refractivity contribution is -0.152. The van der Waals surface area contributed by atoms with Crippen LogP contribution in [0.1, 0.15) is 70.5 Å². The third-order valence-corrected chi connectivity index (χ3v) is 13.5. The molecule has 5 fully saturated rings. The number of nitrogen functional groups attached to an aromatic ring is 1. The summed E-state index contributed by atoms with van der Waals surface area (Å²) in [6.45, 7) is 8.37. The predicted octanol–water partition coefficient (Wildman–Crippen LogP) is 4.02. The van der Waals surface area contributed by atoms with Crippen LogP contribution in [0.5, 0.6) is 17.5 Å². The number of fused-ring (bicyclic) bond motifs is 2. The molecule has 4 N–H and O–H groups in total. The van der Waals surface area contributed by atoms with Gasteiger partial charge in [0.25, 0.3) is 5.88 Å². The van der Waals surface area contributed by atoms with Crippen molar-refractivity contribution in [1.82, 2.24) is 30.1 Å². The minimum atomic E-state index is -0.836. The van der Waals surface area contributed by atoms with Crippen molar-refractivity contribution in [1.29, 1.82) is 0 Å². The van der Waals surface area contributed by atoms with Crippen LogP contribution in [0.4, 0.5) is 17.2 Å². The van der Waals surface area contributed by atoms with Crippen LogP contribution < -0.4 is 25.0 Å². The second-order valence-electron chi connectivity index (χ2n) is 18.1. The molecule has 5 aliphatic rings. The average Bonchev–Trinajstić information content (AvgIpc) is 3.98. The summed E-state index contributed by atoms with van der Waals surface area (Å²) in [7, 11) is 1.27. The second-order valence-corrected chi connectivity index (χ2v) is 18.1. The fourth-order valence-electron chi connectivity index (χ4n) is 10.1. The molecule has 64 heavy (non-hydrogen) atoms. The third-order valence-electron chi connectivity index (χ3n) is 13.5. The van der Waals surface area contributed by atoms with Crippen molar-refractivity contribution in [2.75, 3.05) is 68.5 Å². The van der Waals surface area contributed by atoms with E-state index in [-0.39, 0.29) is 48.9 Å². The van der Waals surface area contributed by atoms with E-state index in [1.54, 1.807) is 18.2 Å². The highest BCUT2D eigenvalue weighted by atomic mass is 16.5. The van der Waals surface area contributed by atoms with E-state index in [1.807, 2.05) is 38.2 Å². The molecule has 4 aromatic rings. The van der Waals surface area contributed by atoms with E-state index in [2.05, 4.69) is 47.2 Å². The maximum absolute atomic E-state index is 13.6. The Hall–Kier alpha value is -5.72. The minimum absolute atomic E-state index is 0.0572. The van der Waals surface area contributed by atoms with Gasteiger partial charge >= 0.3 is 5.97 Å². The number of β-amino-alcohol motifs (C(OH)–C–C–N with tert-alkyl or cyclic N) is 1. The number of ether oxygens (including phenoxy) is 4. The van der Waals surface area contributed by atoms with Gasteiger partial charge in [-0.25, -0.2) is 9.78 Å². The zero-order chi connectivity index (χ0) is 44.5. The number of para-hydroxylation sites is 1. The standard InChI is InChI=1S/C46H59N9O9/c1-27(2)43(45(58)54-26-31(56)19-38(54)46(59)60-3)40-23-42(51-64-40)61-17-16-52-14-11-32(12-15-52)62-33-20-34(21-33)63-41-18-28(10-13-48-41)55-29-8-9-30(55)25-53(24-29)37-22-36(49-50-44(37)47)35-6-4-5-7-39(35)57/h4-7,10,13,18,22-23,27,29-34,38,43,56-57H,8-9,11-12,14-17,19-21,24-26H2,1-3H3,(H2,47,50)/t29?,30?,31-,33-,34-,38+,43-/m1/s1. The molecule has 9 rings (SSSR count). The number of methoxy groups -OCH3 is 1. The van der Waals surface area contributed by atoms with Crippen LogP contribution >= 0.6 is 0 Å². The summed E-state index contributed by atoms with van der Waals surface area (Å²) in [5.41, 5.74) is 9.54. The number of nitrogens with two attached hydrogens (primary N) is 1. The molecule has 1 amide bonds. The molecule has 1 aliphatic carbocycles. The lowest BCUT2D eigenvalue weighted by Crippen LogP contribution is -2.54. The zero-order valence-electron chi connectivity index (χ0n) is 36.7. The van der Waals surface area contributed by atoms with Crippen LogP contribution in [0, 0.1) is 5.92 Å². The molecule has 4 aliphatic heterocycles. The first-order valence-electron chi connectivity index (χ1n) is 22.6. The lowest BCUT2D eigenvalue weighted by atomic mass is 9.91. The van der Waals surface area contributed by atoms with E-state index in [0.717, 1.165) is 82.6 Å². The number of piperidine rings is 1. The van der Waals surface area contributed by atoms with E-state index >= 15 is 0 Å². The summed E-state index contributed by atoms with van der Waals surface area (Å²) in [6, 6.07) is 14.6. The minimum Gasteiger partial charge on any atom is -0.507 e. The summed E-state index contributed by atoms with van der Waals surface area (Å²) in [5, 5.41) is 33.2. The monoisotopic (exact) mass is 881 g/mol. The van der Waals surface area contributed by atoms with E-state index in [1.165, 1.54) is 12.0 Å². The Morgan fingerprint density at radius 3 is 2.42 bits per heavy atom. The molecular formula is C46H59N9O9. The first kappa shape index (κ1) is 43.5. The van der Waals surface area contributed by atoms with Crippen molar-refractivity contribution in [2.24, 2.45) is 5.92 Å². The fraction of sp³-hybridized carbons (Fsp3) is 0.565. The number of likely N-dealkylation sites (tertiary alicyclic amines) is 2. The van der Waals surface area contributed by atoms with Crippen molar-refractivity contribution in [2.45, 2.75) is 107 Å². The van der Waals surface area contributed by atoms with E-state index in [4.69, 9.17) is 29.2 Å². The Bertz CT molecular complexity index is 2250. The number of nitrogens with zero attached hydrogens (tertiary/aromatic N) is 8. The Kier molecular flexibility index (Phi) is 12.8. The number of aromatic nitrogens is 4. The van der Waals surface area contributed by atoms with Gasteiger partial charge in [0, 0.05) is 100 Å². The zero-order valence-corrected chi connectivity index (χ0v) is 36.7. The SMILES string of the molecule is COC(=O)[C@@H]1C[C@@H](O)CN1C(=O)[C@@H](c1cc(OCCN2CCC(O[C@H]3C[C@H](Oc4cc(N5C6CCC5CN(c5cc(-c7ccccc7O)nnc5N)C6)ccn4)C3)CC2)no1)C(C)C. The van der Waals surface area contributed by atoms with Gasteiger partial charge in [0.15, 0.2) is 11.6 Å². The average molecular weight is 882 g/mol. The van der Waals surface area contributed by atoms with Crippen LogP contribution in [-0.2, 0) is 19.1 Å². The normalized spacial score (nSPS) is 25.4. The van der Waals surface area contributed by atoms with Crippen LogP contribution in [0.15, 0.2) is 59.3 Å². The van der Waals surface area contributed by atoms with Crippen LogP contribution in [0.3, 0.4) is 0 Å². The number of piperazine rings is 1.